The zero-order chi connectivity index (χ0) is 21.2. The monoisotopic (exact) mass is 418 g/mol. The molecule has 8 heteroatoms. The van der Waals surface area contributed by atoms with Crippen molar-refractivity contribution in [3.05, 3.63) is 60.0 Å². The molecule has 0 unspecified atom stereocenters. The number of piperidine rings is 1. The Balaban J connectivity index is 1.14. The summed E-state index contributed by atoms with van der Waals surface area (Å²) in [5.74, 6) is 1.20. The molecule has 3 heterocycles. The molecule has 31 heavy (non-hydrogen) atoms. The summed E-state index contributed by atoms with van der Waals surface area (Å²) in [4.78, 5) is 26.9. The van der Waals surface area contributed by atoms with E-state index >= 15 is 0 Å². The van der Waals surface area contributed by atoms with Gasteiger partial charge in [0, 0.05) is 29.4 Å². The Morgan fingerprint density at radius 2 is 1.84 bits per heavy atom. The number of carbonyl (C=O) groups excluding carboxylic acids is 2. The van der Waals surface area contributed by atoms with Gasteiger partial charge in [0.1, 0.15) is 5.82 Å². The van der Waals surface area contributed by atoms with Gasteiger partial charge in [-0.2, -0.15) is 0 Å². The van der Waals surface area contributed by atoms with Crippen LogP contribution in [-0.4, -0.2) is 57.0 Å². The van der Waals surface area contributed by atoms with Crippen molar-refractivity contribution in [2.45, 2.75) is 37.6 Å². The van der Waals surface area contributed by atoms with Crippen LogP contribution in [0.2, 0.25) is 0 Å². The van der Waals surface area contributed by atoms with Gasteiger partial charge in [0.15, 0.2) is 5.65 Å². The van der Waals surface area contributed by atoms with Crippen molar-refractivity contribution in [2.75, 3.05) is 25.0 Å². The number of nitrogens with one attached hydrogen (secondary N) is 2. The van der Waals surface area contributed by atoms with Crippen LogP contribution in [0.5, 0.6) is 0 Å². The quantitative estimate of drug-likeness (QED) is 0.642. The van der Waals surface area contributed by atoms with E-state index in [9.17, 15) is 9.59 Å². The molecule has 3 aromatic rings. The Labute approximate surface area is 180 Å². The van der Waals surface area contributed by atoms with Gasteiger partial charge in [-0.15, -0.1) is 10.2 Å². The molecule has 5 rings (SSSR count). The number of fused-ring (bicyclic) bond motifs is 1. The second kappa shape index (κ2) is 8.47. The highest BCUT2D eigenvalue weighted by Crippen LogP contribution is 2.27. The number of carbonyl (C=O) groups is 2. The van der Waals surface area contributed by atoms with Gasteiger partial charge < -0.3 is 10.6 Å². The smallest absolute Gasteiger partial charge is 0.251 e. The summed E-state index contributed by atoms with van der Waals surface area (Å²) in [7, 11) is 0. The third-order valence-electron chi connectivity index (χ3n) is 5.98. The van der Waals surface area contributed by atoms with E-state index in [-0.39, 0.29) is 11.8 Å². The summed E-state index contributed by atoms with van der Waals surface area (Å²) >= 11 is 0. The topological polar surface area (TPSA) is 91.6 Å². The van der Waals surface area contributed by atoms with Crippen molar-refractivity contribution >= 4 is 23.1 Å². The molecule has 1 saturated heterocycles. The van der Waals surface area contributed by atoms with Crippen molar-refractivity contribution in [3.8, 4) is 0 Å². The maximum Gasteiger partial charge on any atom is 0.251 e. The minimum atomic E-state index is -0.0818. The van der Waals surface area contributed by atoms with Crippen LogP contribution in [-0.2, 0) is 4.79 Å². The number of rotatable bonds is 6. The third kappa shape index (κ3) is 4.59. The SMILES string of the molecule is O=C(CN1CCC(c2nnc3ccccn23)CC1)Nc1cccc(C(=O)NC2CC2)c1. The van der Waals surface area contributed by atoms with Crippen molar-refractivity contribution in [1.82, 2.24) is 24.8 Å². The van der Waals surface area contributed by atoms with Crippen LogP contribution >= 0.6 is 0 Å². The summed E-state index contributed by atoms with van der Waals surface area (Å²) in [5, 5.41) is 14.5. The van der Waals surface area contributed by atoms with E-state index in [4.69, 9.17) is 0 Å². The summed E-state index contributed by atoms with van der Waals surface area (Å²) in [5.41, 5.74) is 2.09. The lowest BCUT2D eigenvalue weighted by molar-refractivity contribution is -0.117. The summed E-state index contributed by atoms with van der Waals surface area (Å²) in [6, 6.07) is 13.3. The van der Waals surface area contributed by atoms with Gasteiger partial charge in [0.05, 0.1) is 6.54 Å². The number of hydrogen-bond donors (Lipinski definition) is 2. The maximum absolute atomic E-state index is 12.6. The van der Waals surface area contributed by atoms with Gasteiger partial charge >= 0.3 is 0 Å². The van der Waals surface area contributed by atoms with Crippen LogP contribution < -0.4 is 10.6 Å². The minimum absolute atomic E-state index is 0.0638. The van der Waals surface area contributed by atoms with Crippen molar-refractivity contribution in [3.63, 3.8) is 0 Å². The van der Waals surface area contributed by atoms with E-state index in [1.807, 2.05) is 30.5 Å². The first-order valence-corrected chi connectivity index (χ1v) is 10.9. The average molecular weight is 419 g/mol. The lowest BCUT2D eigenvalue weighted by atomic mass is 9.96. The van der Waals surface area contributed by atoms with E-state index < -0.39 is 0 Å². The van der Waals surface area contributed by atoms with Crippen molar-refractivity contribution in [1.29, 1.82) is 0 Å². The van der Waals surface area contributed by atoms with E-state index in [0.717, 1.165) is 50.2 Å². The molecule has 1 saturated carbocycles. The number of pyridine rings is 1. The lowest BCUT2D eigenvalue weighted by Crippen LogP contribution is -2.39. The summed E-state index contributed by atoms with van der Waals surface area (Å²) in [6.45, 7) is 2.01. The molecule has 2 amide bonds. The highest BCUT2D eigenvalue weighted by Gasteiger charge is 2.26. The van der Waals surface area contributed by atoms with E-state index in [0.29, 0.717) is 29.8 Å². The molecule has 2 aliphatic rings. The normalized spacial score (nSPS) is 17.5. The third-order valence-corrected chi connectivity index (χ3v) is 5.98. The minimum Gasteiger partial charge on any atom is -0.349 e. The Hall–Kier alpha value is -3.26. The first kappa shape index (κ1) is 19.7. The molecule has 8 nitrogen and oxygen atoms in total. The zero-order valence-electron chi connectivity index (χ0n) is 17.3. The predicted octanol–water partition coefficient (Wildman–Crippen LogP) is 2.44. The first-order chi connectivity index (χ1) is 15.2. The fourth-order valence-corrected chi connectivity index (χ4v) is 4.13. The van der Waals surface area contributed by atoms with Crippen molar-refractivity contribution < 1.29 is 9.59 Å². The van der Waals surface area contributed by atoms with Crippen LogP contribution in [0.1, 0.15) is 47.8 Å². The summed E-state index contributed by atoms with van der Waals surface area (Å²) < 4.78 is 2.05. The second-order valence-corrected chi connectivity index (χ2v) is 8.41. The number of anilines is 1. The standard InChI is InChI=1S/C23H26N6O2/c30-21(24-19-5-3-4-17(14-19)23(31)25-18-7-8-18)15-28-12-9-16(10-13-28)22-27-26-20-6-1-2-11-29(20)22/h1-6,11,14,16,18H,7-10,12-13,15H2,(H,24,30)(H,25,31). The van der Waals surface area contributed by atoms with Crippen molar-refractivity contribution in [2.24, 2.45) is 0 Å². The lowest BCUT2D eigenvalue weighted by Gasteiger charge is -2.30. The molecule has 2 aromatic heterocycles. The zero-order valence-corrected chi connectivity index (χ0v) is 17.3. The fraction of sp³-hybridized carbons (Fsp3) is 0.391. The second-order valence-electron chi connectivity index (χ2n) is 8.41. The Bertz CT molecular complexity index is 1100. The van der Waals surface area contributed by atoms with Crippen LogP contribution in [0.25, 0.3) is 5.65 Å². The van der Waals surface area contributed by atoms with E-state index in [1.165, 1.54) is 0 Å². The van der Waals surface area contributed by atoms with Crippen LogP contribution in [0.4, 0.5) is 5.69 Å². The van der Waals surface area contributed by atoms with Gasteiger partial charge in [-0.3, -0.25) is 18.9 Å². The molecular weight excluding hydrogens is 392 g/mol. The largest absolute Gasteiger partial charge is 0.349 e. The molecule has 0 atom stereocenters. The van der Waals surface area contributed by atoms with Gasteiger partial charge in [0.25, 0.3) is 5.91 Å². The number of amides is 2. The first-order valence-electron chi connectivity index (χ1n) is 10.9. The Kier molecular flexibility index (Phi) is 5.38. The molecular formula is C23H26N6O2. The number of hydrogen-bond acceptors (Lipinski definition) is 5. The molecule has 0 radical (unpaired) electrons. The van der Waals surface area contributed by atoms with E-state index in [2.05, 4.69) is 30.1 Å². The highest BCUT2D eigenvalue weighted by atomic mass is 16.2. The molecule has 0 spiro atoms. The fourth-order valence-electron chi connectivity index (χ4n) is 4.13. The molecule has 0 bridgehead atoms. The van der Waals surface area contributed by atoms with Gasteiger partial charge in [-0.25, -0.2) is 0 Å². The Morgan fingerprint density at radius 3 is 2.65 bits per heavy atom. The number of aromatic nitrogens is 3. The average Bonchev–Trinajstić information content (AvgIpc) is 3.49. The van der Waals surface area contributed by atoms with Gasteiger partial charge in [-0.1, -0.05) is 12.1 Å². The molecule has 1 aliphatic carbocycles. The maximum atomic E-state index is 12.6. The number of likely N-dealkylation sites (tertiary alicyclic amines) is 1. The van der Waals surface area contributed by atoms with Crippen LogP contribution in [0.15, 0.2) is 48.7 Å². The number of benzene rings is 1. The van der Waals surface area contributed by atoms with E-state index in [1.54, 1.807) is 18.2 Å². The highest BCUT2D eigenvalue weighted by molar-refractivity contribution is 5.97. The summed E-state index contributed by atoms with van der Waals surface area (Å²) in [6.07, 6.45) is 5.99. The number of nitrogens with zero attached hydrogens (tertiary/aromatic N) is 4. The molecule has 2 N–H and O–H groups in total. The molecule has 160 valence electrons. The van der Waals surface area contributed by atoms with Crippen LogP contribution in [0.3, 0.4) is 0 Å². The van der Waals surface area contributed by atoms with Gasteiger partial charge in [0.2, 0.25) is 5.91 Å². The molecule has 1 aromatic carbocycles. The predicted molar refractivity (Wildman–Crippen MR) is 117 cm³/mol. The Morgan fingerprint density at radius 1 is 1.00 bits per heavy atom. The van der Waals surface area contributed by atoms with Crippen LogP contribution in [0, 0.1) is 0 Å². The molecule has 1 aliphatic heterocycles. The van der Waals surface area contributed by atoms with Gasteiger partial charge in [-0.05, 0) is 69.1 Å². The molecule has 2 fully saturated rings.